The summed E-state index contributed by atoms with van der Waals surface area (Å²) in [6.45, 7) is 1.62. The number of carboxylic acids is 1. The molecule has 5 rings (SSSR count). The number of rotatable bonds is 9. The third-order valence-electron chi connectivity index (χ3n) is 5.98. The Morgan fingerprint density at radius 1 is 0.897 bits per heavy atom. The van der Waals surface area contributed by atoms with Crippen LogP contribution in [0.25, 0.3) is 32.8 Å². The van der Waals surface area contributed by atoms with Gasteiger partial charge in [0.15, 0.2) is 6.61 Å². The highest BCUT2D eigenvalue weighted by Crippen LogP contribution is 2.39. The van der Waals surface area contributed by atoms with Crippen molar-refractivity contribution in [2.45, 2.75) is 13.5 Å². The third-order valence-corrected chi connectivity index (χ3v) is 7.35. The van der Waals surface area contributed by atoms with E-state index in [0.29, 0.717) is 22.8 Å². The van der Waals surface area contributed by atoms with Gasteiger partial charge in [-0.3, -0.25) is 0 Å². The van der Waals surface area contributed by atoms with Crippen LogP contribution in [0.5, 0.6) is 11.5 Å². The van der Waals surface area contributed by atoms with Gasteiger partial charge in [-0.2, -0.15) is 0 Å². The van der Waals surface area contributed by atoms with E-state index in [-0.39, 0.29) is 11.6 Å². The average molecular weight is 560 g/mol. The van der Waals surface area contributed by atoms with Crippen LogP contribution in [-0.2, 0) is 11.4 Å². The first-order valence-electron chi connectivity index (χ1n) is 12.1. The van der Waals surface area contributed by atoms with Gasteiger partial charge in [0.1, 0.15) is 28.9 Å². The Labute approximate surface area is 234 Å². The smallest absolute Gasteiger partial charge is 0.341 e. The summed E-state index contributed by atoms with van der Waals surface area (Å²) in [7, 11) is 0. The van der Waals surface area contributed by atoms with Crippen molar-refractivity contribution >= 4 is 28.9 Å². The predicted molar refractivity (Wildman–Crippen MR) is 152 cm³/mol. The molecule has 1 heterocycles. The van der Waals surface area contributed by atoms with Crippen LogP contribution in [0.3, 0.4) is 0 Å². The highest BCUT2D eigenvalue weighted by Gasteiger charge is 2.17. The molecule has 39 heavy (non-hydrogen) atoms. The molecule has 1 N–H and O–H groups in total. The number of nitrogens with zero attached hydrogens (tertiary/aromatic N) is 1. The lowest BCUT2D eigenvalue weighted by Crippen LogP contribution is -2.10. The summed E-state index contributed by atoms with van der Waals surface area (Å²) in [4.78, 5) is 16.5. The Morgan fingerprint density at radius 3 is 2.28 bits per heavy atom. The second kappa shape index (κ2) is 11.7. The third kappa shape index (κ3) is 6.28. The van der Waals surface area contributed by atoms with Crippen molar-refractivity contribution in [3.8, 4) is 44.3 Å². The van der Waals surface area contributed by atoms with Crippen molar-refractivity contribution in [1.29, 1.82) is 0 Å². The summed E-state index contributed by atoms with van der Waals surface area (Å²) < 4.78 is 25.2. The first kappa shape index (κ1) is 26.4. The Bertz CT molecular complexity index is 1620. The van der Waals surface area contributed by atoms with Crippen LogP contribution in [0.1, 0.15) is 10.6 Å². The lowest BCUT2D eigenvalue weighted by Gasteiger charge is -2.09. The van der Waals surface area contributed by atoms with E-state index in [1.807, 2.05) is 37.3 Å². The molecule has 8 heteroatoms. The van der Waals surface area contributed by atoms with Crippen LogP contribution in [0, 0.1) is 12.7 Å². The standard InChI is InChI=1S/C31H23ClFNO4S/c1-19-15-24(12-14-27(19)38-18-29(35)36)37-17-28-34-30(23-11-13-26(33)25(32)16-23)31(39-28)22-9-7-21(8-10-22)20-5-3-2-4-6-20/h2-16H,17-18H2,1H3,(H,35,36). The number of carbonyl (C=O) groups is 1. The maximum absolute atomic E-state index is 13.9. The normalized spacial score (nSPS) is 10.8. The maximum atomic E-state index is 13.9. The summed E-state index contributed by atoms with van der Waals surface area (Å²) in [5.41, 5.74) is 5.37. The maximum Gasteiger partial charge on any atom is 0.341 e. The fourth-order valence-corrected chi connectivity index (χ4v) is 5.25. The van der Waals surface area contributed by atoms with Crippen molar-refractivity contribution in [2.24, 2.45) is 0 Å². The van der Waals surface area contributed by atoms with Crippen LogP contribution in [0.2, 0.25) is 5.02 Å². The molecule has 0 unspecified atom stereocenters. The molecule has 0 aliphatic heterocycles. The SMILES string of the molecule is Cc1cc(OCc2nc(-c3ccc(F)c(Cl)c3)c(-c3ccc(-c4ccccc4)cc3)s2)ccc1OCC(=O)O. The van der Waals surface area contributed by atoms with E-state index < -0.39 is 18.4 Å². The molecular formula is C31H23ClFNO4S. The van der Waals surface area contributed by atoms with Crippen molar-refractivity contribution in [3.05, 3.63) is 112 Å². The van der Waals surface area contributed by atoms with Gasteiger partial charge in [0, 0.05) is 5.56 Å². The van der Waals surface area contributed by atoms with Gasteiger partial charge in [0.25, 0.3) is 0 Å². The Kier molecular flexibility index (Phi) is 7.91. The summed E-state index contributed by atoms with van der Waals surface area (Å²) in [5.74, 6) is -0.442. The van der Waals surface area contributed by atoms with Gasteiger partial charge in [-0.1, -0.05) is 66.2 Å². The molecule has 0 saturated heterocycles. The molecule has 0 aliphatic carbocycles. The largest absolute Gasteiger partial charge is 0.486 e. The van der Waals surface area contributed by atoms with Crippen LogP contribution in [0.4, 0.5) is 4.39 Å². The minimum absolute atomic E-state index is 0.0318. The molecule has 5 aromatic rings. The lowest BCUT2D eigenvalue weighted by molar-refractivity contribution is -0.139. The monoisotopic (exact) mass is 559 g/mol. The van der Waals surface area contributed by atoms with Crippen LogP contribution in [-0.4, -0.2) is 22.7 Å². The van der Waals surface area contributed by atoms with E-state index in [1.165, 1.54) is 17.4 Å². The number of benzene rings is 4. The molecular weight excluding hydrogens is 537 g/mol. The number of thiazole rings is 1. The molecule has 0 atom stereocenters. The van der Waals surface area contributed by atoms with E-state index in [1.54, 1.807) is 30.3 Å². The number of hydrogen-bond acceptors (Lipinski definition) is 5. The van der Waals surface area contributed by atoms with Crippen LogP contribution < -0.4 is 9.47 Å². The topological polar surface area (TPSA) is 68.7 Å². The Balaban J connectivity index is 1.42. The molecule has 1 aromatic heterocycles. The molecule has 0 amide bonds. The summed E-state index contributed by atoms with van der Waals surface area (Å²) >= 11 is 7.59. The van der Waals surface area contributed by atoms with E-state index >= 15 is 0 Å². The minimum atomic E-state index is -1.04. The quantitative estimate of drug-likeness (QED) is 0.197. The molecule has 5 nitrogen and oxygen atoms in total. The van der Waals surface area contributed by atoms with E-state index in [9.17, 15) is 9.18 Å². The van der Waals surface area contributed by atoms with E-state index in [2.05, 4.69) is 24.3 Å². The number of hydrogen-bond donors (Lipinski definition) is 1. The molecule has 0 saturated carbocycles. The first-order valence-corrected chi connectivity index (χ1v) is 13.3. The second-order valence-electron chi connectivity index (χ2n) is 8.76. The van der Waals surface area contributed by atoms with Crippen molar-refractivity contribution in [1.82, 2.24) is 4.98 Å². The zero-order valence-electron chi connectivity index (χ0n) is 20.9. The summed E-state index contributed by atoms with van der Waals surface area (Å²) in [6.07, 6.45) is 0. The highest BCUT2D eigenvalue weighted by atomic mass is 35.5. The van der Waals surface area contributed by atoms with Gasteiger partial charge >= 0.3 is 5.97 Å². The fourth-order valence-electron chi connectivity index (χ4n) is 4.06. The van der Waals surface area contributed by atoms with Crippen LogP contribution >= 0.6 is 22.9 Å². The number of ether oxygens (including phenoxy) is 2. The molecule has 0 bridgehead atoms. The number of halogens is 2. The van der Waals surface area contributed by atoms with E-state index in [4.69, 9.17) is 31.2 Å². The van der Waals surface area contributed by atoms with Gasteiger partial charge in [-0.05, 0) is 65.6 Å². The molecule has 4 aromatic carbocycles. The average Bonchev–Trinajstić information content (AvgIpc) is 3.38. The van der Waals surface area contributed by atoms with Gasteiger partial charge in [-0.15, -0.1) is 11.3 Å². The molecule has 0 fully saturated rings. The number of carboxylic acid groups (broad SMARTS) is 1. The second-order valence-corrected chi connectivity index (χ2v) is 10.2. The number of aliphatic carboxylic acids is 1. The van der Waals surface area contributed by atoms with Crippen molar-refractivity contribution in [2.75, 3.05) is 6.61 Å². The molecule has 196 valence electrons. The van der Waals surface area contributed by atoms with Crippen molar-refractivity contribution < 1.29 is 23.8 Å². The first-order chi connectivity index (χ1) is 18.9. The van der Waals surface area contributed by atoms with Gasteiger partial charge < -0.3 is 14.6 Å². The fraction of sp³-hybridized carbons (Fsp3) is 0.0968. The summed E-state index contributed by atoms with van der Waals surface area (Å²) in [5, 5.41) is 9.60. The predicted octanol–water partition coefficient (Wildman–Crippen LogP) is 8.29. The van der Waals surface area contributed by atoms with Gasteiger partial charge in [0.05, 0.1) is 15.6 Å². The number of aromatic nitrogens is 1. The molecule has 0 aliphatic rings. The van der Waals surface area contributed by atoms with Gasteiger partial charge in [0.2, 0.25) is 0 Å². The molecule has 0 radical (unpaired) electrons. The zero-order chi connectivity index (χ0) is 27.4. The van der Waals surface area contributed by atoms with E-state index in [0.717, 1.165) is 32.1 Å². The van der Waals surface area contributed by atoms with Crippen LogP contribution in [0.15, 0.2) is 91.0 Å². The van der Waals surface area contributed by atoms with Gasteiger partial charge in [-0.25, -0.2) is 14.2 Å². The Hall–Kier alpha value is -4.20. The summed E-state index contributed by atoms with van der Waals surface area (Å²) in [6, 6.07) is 28.1. The number of aryl methyl sites for hydroxylation is 1. The zero-order valence-corrected chi connectivity index (χ0v) is 22.4. The Morgan fingerprint density at radius 2 is 1.59 bits per heavy atom. The van der Waals surface area contributed by atoms with Crippen molar-refractivity contribution in [3.63, 3.8) is 0 Å². The lowest BCUT2D eigenvalue weighted by atomic mass is 10.0. The highest BCUT2D eigenvalue weighted by molar-refractivity contribution is 7.15. The molecule has 0 spiro atoms. The minimum Gasteiger partial charge on any atom is -0.486 e.